The molecule has 0 bridgehead atoms. The van der Waals surface area contributed by atoms with Crippen molar-refractivity contribution in [2.45, 2.75) is 71.3 Å². The van der Waals surface area contributed by atoms with Crippen LogP contribution in [0.4, 0.5) is 0 Å². The maximum absolute atomic E-state index is 13.3. The van der Waals surface area contributed by atoms with Gasteiger partial charge in [0, 0.05) is 38.1 Å². The average Bonchev–Trinajstić information content (AvgIpc) is 3.06. The summed E-state index contributed by atoms with van der Waals surface area (Å²) < 4.78 is 0. The van der Waals surface area contributed by atoms with Crippen LogP contribution in [0.25, 0.3) is 0 Å². The molecule has 176 valence electrons. The third kappa shape index (κ3) is 5.27. The second kappa shape index (κ2) is 10.2. The van der Waals surface area contributed by atoms with Gasteiger partial charge in [-0.05, 0) is 94.4 Å². The fraction of sp³-hybridized carbons (Fsp3) is 0.920. The van der Waals surface area contributed by atoms with E-state index in [1.165, 1.54) is 38.5 Å². The van der Waals surface area contributed by atoms with Crippen molar-refractivity contribution in [2.24, 2.45) is 47.2 Å². The summed E-state index contributed by atoms with van der Waals surface area (Å²) in [5, 5.41) is 6.57. The zero-order valence-electron chi connectivity index (χ0n) is 19.7. The Hall–Kier alpha value is -1.14. The van der Waals surface area contributed by atoms with Crippen LogP contribution in [-0.2, 0) is 9.59 Å². The Morgan fingerprint density at radius 3 is 2.42 bits per heavy atom. The number of carbonyl (C=O) groups is 2. The minimum Gasteiger partial charge on any atom is -0.353 e. The van der Waals surface area contributed by atoms with Crippen molar-refractivity contribution in [3.8, 4) is 0 Å². The molecule has 6 atom stereocenters. The Morgan fingerprint density at radius 1 is 1.00 bits per heavy atom. The third-order valence-electron chi connectivity index (χ3n) is 8.98. The van der Waals surface area contributed by atoms with Crippen molar-refractivity contribution in [3.05, 3.63) is 0 Å². The van der Waals surface area contributed by atoms with Gasteiger partial charge in [-0.1, -0.05) is 6.92 Å². The fourth-order valence-electron chi connectivity index (χ4n) is 7.15. The SMILES string of the molecule is CC1CC(C)C(CN2CC3CCC(C4CCC(CNCCN)CC4)CC3C2=O)C(=O)N1. The number of carbonyl (C=O) groups excluding carboxylic acids is 2. The fourth-order valence-corrected chi connectivity index (χ4v) is 7.15. The lowest BCUT2D eigenvalue weighted by Gasteiger charge is -2.38. The second-order valence-corrected chi connectivity index (χ2v) is 11.2. The third-order valence-corrected chi connectivity index (χ3v) is 8.98. The molecule has 0 aromatic heterocycles. The van der Waals surface area contributed by atoms with Gasteiger partial charge in [-0.15, -0.1) is 0 Å². The van der Waals surface area contributed by atoms with Gasteiger partial charge >= 0.3 is 0 Å². The molecule has 0 spiro atoms. The summed E-state index contributed by atoms with van der Waals surface area (Å²) >= 11 is 0. The lowest BCUT2D eigenvalue weighted by Crippen LogP contribution is -2.50. The second-order valence-electron chi connectivity index (χ2n) is 11.2. The van der Waals surface area contributed by atoms with Crippen LogP contribution in [0.15, 0.2) is 0 Å². The summed E-state index contributed by atoms with van der Waals surface area (Å²) in [5.74, 6) is 3.84. The Kier molecular flexibility index (Phi) is 7.58. The molecule has 2 saturated carbocycles. The summed E-state index contributed by atoms with van der Waals surface area (Å²) in [6.07, 6.45) is 9.88. The minimum absolute atomic E-state index is 0.0424. The molecule has 4 rings (SSSR count). The first-order valence-corrected chi connectivity index (χ1v) is 13.0. The van der Waals surface area contributed by atoms with Gasteiger partial charge in [0.2, 0.25) is 11.8 Å². The monoisotopic (exact) mass is 432 g/mol. The van der Waals surface area contributed by atoms with Crippen molar-refractivity contribution in [1.29, 1.82) is 0 Å². The molecule has 0 aromatic rings. The molecule has 2 aliphatic heterocycles. The molecular formula is C25H44N4O2. The van der Waals surface area contributed by atoms with Crippen LogP contribution in [0.3, 0.4) is 0 Å². The van der Waals surface area contributed by atoms with E-state index in [9.17, 15) is 9.59 Å². The number of piperidine rings is 1. The summed E-state index contributed by atoms with van der Waals surface area (Å²) in [5.41, 5.74) is 5.59. The largest absolute Gasteiger partial charge is 0.353 e. The molecule has 6 heteroatoms. The Balaban J connectivity index is 1.27. The van der Waals surface area contributed by atoms with Gasteiger partial charge in [0.25, 0.3) is 0 Å². The number of rotatable bonds is 7. The highest BCUT2D eigenvalue weighted by molar-refractivity contribution is 5.84. The normalized spacial score (nSPS) is 41.2. The standard InChI is InChI=1S/C25H44N4O2/c1-16-11-17(2)28-24(30)23(16)15-29-14-21-8-7-20(12-22(21)25(29)31)19-5-3-18(4-6-19)13-27-10-9-26/h16-23,27H,3-15,26H2,1-2H3,(H,28,30). The number of fused-ring (bicyclic) bond motifs is 1. The minimum atomic E-state index is -0.0424. The highest BCUT2D eigenvalue weighted by atomic mass is 16.2. The van der Waals surface area contributed by atoms with Gasteiger partial charge in [0.15, 0.2) is 0 Å². The van der Waals surface area contributed by atoms with Crippen LogP contribution in [0, 0.1) is 41.4 Å². The molecule has 31 heavy (non-hydrogen) atoms. The zero-order chi connectivity index (χ0) is 22.0. The number of likely N-dealkylation sites (tertiary alicyclic amines) is 1. The van der Waals surface area contributed by atoms with E-state index in [0.29, 0.717) is 30.8 Å². The topological polar surface area (TPSA) is 87.5 Å². The van der Waals surface area contributed by atoms with E-state index in [4.69, 9.17) is 5.73 Å². The van der Waals surface area contributed by atoms with Gasteiger partial charge in [-0.2, -0.15) is 0 Å². The number of hydrogen-bond donors (Lipinski definition) is 3. The van der Waals surface area contributed by atoms with Gasteiger partial charge in [0.1, 0.15) is 0 Å². The van der Waals surface area contributed by atoms with Crippen molar-refractivity contribution < 1.29 is 9.59 Å². The van der Waals surface area contributed by atoms with Gasteiger partial charge in [0.05, 0.1) is 5.92 Å². The van der Waals surface area contributed by atoms with Crippen LogP contribution in [-0.4, -0.2) is 55.5 Å². The van der Waals surface area contributed by atoms with Crippen LogP contribution < -0.4 is 16.4 Å². The number of nitrogens with zero attached hydrogens (tertiary/aromatic N) is 1. The van der Waals surface area contributed by atoms with Gasteiger partial charge < -0.3 is 21.3 Å². The molecular weight excluding hydrogens is 388 g/mol. The number of nitrogens with two attached hydrogens (primary N) is 1. The molecule has 4 fully saturated rings. The number of nitrogens with one attached hydrogen (secondary N) is 2. The molecule has 0 aromatic carbocycles. The maximum Gasteiger partial charge on any atom is 0.226 e. The highest BCUT2D eigenvalue weighted by Gasteiger charge is 2.47. The van der Waals surface area contributed by atoms with Crippen molar-refractivity contribution in [1.82, 2.24) is 15.5 Å². The first-order valence-electron chi connectivity index (χ1n) is 13.0. The van der Waals surface area contributed by atoms with Crippen molar-refractivity contribution in [3.63, 3.8) is 0 Å². The molecule has 2 aliphatic carbocycles. The van der Waals surface area contributed by atoms with E-state index in [1.54, 1.807) is 0 Å². The number of hydrogen-bond acceptors (Lipinski definition) is 4. The van der Waals surface area contributed by atoms with E-state index >= 15 is 0 Å². The molecule has 6 nitrogen and oxygen atoms in total. The highest BCUT2D eigenvalue weighted by Crippen LogP contribution is 2.46. The Morgan fingerprint density at radius 2 is 1.71 bits per heavy atom. The molecule has 2 amide bonds. The van der Waals surface area contributed by atoms with Crippen LogP contribution >= 0.6 is 0 Å². The van der Waals surface area contributed by atoms with E-state index < -0.39 is 0 Å². The van der Waals surface area contributed by atoms with Crippen LogP contribution in [0.2, 0.25) is 0 Å². The van der Waals surface area contributed by atoms with E-state index in [2.05, 4.69) is 29.4 Å². The average molecular weight is 433 g/mol. The zero-order valence-corrected chi connectivity index (χ0v) is 19.7. The van der Waals surface area contributed by atoms with Crippen LogP contribution in [0.1, 0.15) is 65.2 Å². The van der Waals surface area contributed by atoms with Crippen molar-refractivity contribution >= 4 is 11.8 Å². The van der Waals surface area contributed by atoms with Gasteiger partial charge in [-0.3, -0.25) is 9.59 Å². The lowest BCUT2D eigenvalue weighted by atomic mass is 9.66. The molecule has 4 aliphatic rings. The van der Waals surface area contributed by atoms with E-state index in [1.807, 2.05) is 0 Å². The lowest BCUT2D eigenvalue weighted by molar-refractivity contribution is -0.136. The van der Waals surface area contributed by atoms with E-state index in [0.717, 1.165) is 50.2 Å². The summed E-state index contributed by atoms with van der Waals surface area (Å²) in [6, 6.07) is 0.253. The summed E-state index contributed by atoms with van der Waals surface area (Å²) in [4.78, 5) is 27.9. The molecule has 6 unspecified atom stereocenters. The summed E-state index contributed by atoms with van der Waals surface area (Å²) in [6.45, 7) is 8.49. The first-order chi connectivity index (χ1) is 15.0. The first kappa shape index (κ1) is 23.0. The quantitative estimate of drug-likeness (QED) is 0.539. The predicted octanol–water partition coefficient (Wildman–Crippen LogP) is 2.38. The molecule has 2 heterocycles. The Labute approximate surface area is 188 Å². The Bertz CT molecular complexity index is 633. The maximum atomic E-state index is 13.3. The predicted molar refractivity (Wildman–Crippen MR) is 123 cm³/mol. The summed E-state index contributed by atoms with van der Waals surface area (Å²) in [7, 11) is 0. The molecule has 2 saturated heterocycles. The van der Waals surface area contributed by atoms with Crippen LogP contribution in [0.5, 0.6) is 0 Å². The number of amides is 2. The van der Waals surface area contributed by atoms with Crippen molar-refractivity contribution in [2.75, 3.05) is 32.7 Å². The van der Waals surface area contributed by atoms with Gasteiger partial charge in [-0.25, -0.2) is 0 Å². The molecule has 4 N–H and O–H groups in total. The van der Waals surface area contributed by atoms with E-state index in [-0.39, 0.29) is 23.8 Å². The molecule has 0 radical (unpaired) electrons. The smallest absolute Gasteiger partial charge is 0.226 e.